The second-order valence-corrected chi connectivity index (χ2v) is 6.41. The number of halogens is 2. The van der Waals surface area contributed by atoms with Crippen LogP contribution in [0.1, 0.15) is 10.4 Å². The van der Waals surface area contributed by atoms with Gasteiger partial charge in [0.05, 0.1) is 17.7 Å². The molecule has 0 aromatic heterocycles. The predicted molar refractivity (Wildman–Crippen MR) is 81.6 cm³/mol. The molecule has 0 unspecified atom stereocenters. The maximum Gasteiger partial charge on any atom is 0.255 e. The number of likely N-dealkylation sites (N-methyl/N-ethyl adjacent to an activating group) is 1. The van der Waals surface area contributed by atoms with Crippen LogP contribution in [0.2, 0.25) is 0 Å². The molecule has 1 aromatic carbocycles. The Hall–Kier alpha value is -0.180. The molecule has 0 radical (unpaired) electrons. The van der Waals surface area contributed by atoms with E-state index in [0.717, 1.165) is 8.04 Å². The van der Waals surface area contributed by atoms with Gasteiger partial charge < -0.3 is 15.3 Å². The third-order valence-corrected chi connectivity index (χ3v) is 4.56. The van der Waals surface area contributed by atoms with Gasteiger partial charge in [-0.1, -0.05) is 15.9 Å². The van der Waals surface area contributed by atoms with Gasteiger partial charge in [0.1, 0.15) is 0 Å². The van der Waals surface area contributed by atoms with Crippen molar-refractivity contribution >= 4 is 44.4 Å². The number of hydrogen-bond donors (Lipinski definition) is 2. The SMILES string of the molecule is CN(C(=O)c1cc(Br)ccc1I)[C@H]1CNC[C@@H]1O. The summed E-state index contributed by atoms with van der Waals surface area (Å²) in [4.78, 5) is 14.0. The Bertz CT molecular complexity index is 469. The molecular formula is C12H14BrIN2O2. The standard InChI is InChI=1S/C12H14BrIN2O2/c1-16(10-5-15-6-11(10)17)12(18)8-4-7(13)2-3-9(8)14/h2-4,10-11,15,17H,5-6H2,1H3/t10-,11-/m0/s1. The third-order valence-electron chi connectivity index (χ3n) is 3.13. The van der Waals surface area contributed by atoms with Crippen molar-refractivity contribution in [1.82, 2.24) is 10.2 Å². The lowest BCUT2D eigenvalue weighted by Gasteiger charge is -2.26. The Morgan fingerprint density at radius 2 is 2.28 bits per heavy atom. The highest BCUT2D eigenvalue weighted by molar-refractivity contribution is 14.1. The fourth-order valence-electron chi connectivity index (χ4n) is 2.05. The van der Waals surface area contributed by atoms with E-state index in [2.05, 4.69) is 43.8 Å². The molecule has 1 aliphatic rings. The highest BCUT2D eigenvalue weighted by Gasteiger charge is 2.32. The van der Waals surface area contributed by atoms with E-state index in [-0.39, 0.29) is 11.9 Å². The van der Waals surface area contributed by atoms with Gasteiger partial charge in [-0.3, -0.25) is 4.79 Å². The van der Waals surface area contributed by atoms with E-state index in [1.54, 1.807) is 11.9 Å². The average Bonchev–Trinajstić information content (AvgIpc) is 2.77. The Kier molecular flexibility index (Phi) is 4.63. The summed E-state index contributed by atoms with van der Waals surface area (Å²) >= 11 is 5.52. The van der Waals surface area contributed by atoms with E-state index < -0.39 is 6.10 Å². The summed E-state index contributed by atoms with van der Waals surface area (Å²) in [5.41, 5.74) is 0.659. The van der Waals surface area contributed by atoms with Gasteiger partial charge >= 0.3 is 0 Å². The van der Waals surface area contributed by atoms with Gasteiger partial charge in [0.2, 0.25) is 0 Å². The van der Waals surface area contributed by atoms with E-state index >= 15 is 0 Å². The minimum Gasteiger partial charge on any atom is -0.390 e. The number of rotatable bonds is 2. The number of benzene rings is 1. The molecule has 1 aromatic rings. The lowest BCUT2D eigenvalue weighted by Crippen LogP contribution is -2.44. The van der Waals surface area contributed by atoms with Crippen LogP contribution in [0.5, 0.6) is 0 Å². The summed E-state index contributed by atoms with van der Waals surface area (Å²) < 4.78 is 1.79. The lowest BCUT2D eigenvalue weighted by molar-refractivity contribution is 0.0580. The summed E-state index contributed by atoms with van der Waals surface area (Å²) in [6.45, 7) is 1.17. The van der Waals surface area contributed by atoms with Gasteiger partial charge in [0, 0.05) is 28.2 Å². The summed E-state index contributed by atoms with van der Waals surface area (Å²) in [5, 5.41) is 12.9. The van der Waals surface area contributed by atoms with Crippen LogP contribution in [0.4, 0.5) is 0 Å². The van der Waals surface area contributed by atoms with Gasteiger partial charge in [0.25, 0.3) is 5.91 Å². The van der Waals surface area contributed by atoms with E-state index in [0.29, 0.717) is 18.7 Å². The van der Waals surface area contributed by atoms with Gasteiger partial charge in [-0.05, 0) is 40.8 Å². The number of nitrogens with zero attached hydrogens (tertiary/aromatic N) is 1. The van der Waals surface area contributed by atoms with Crippen LogP contribution in [-0.4, -0.2) is 48.2 Å². The van der Waals surface area contributed by atoms with Crippen LogP contribution in [0, 0.1) is 3.57 Å². The van der Waals surface area contributed by atoms with E-state index in [4.69, 9.17) is 0 Å². The summed E-state index contributed by atoms with van der Waals surface area (Å²) in [5.74, 6) is -0.0616. The zero-order chi connectivity index (χ0) is 13.3. The Balaban J connectivity index is 2.22. The third kappa shape index (κ3) is 2.87. The predicted octanol–water partition coefficient (Wildman–Crippen LogP) is 1.46. The molecule has 6 heteroatoms. The number of carbonyl (C=O) groups excluding carboxylic acids is 1. The van der Waals surface area contributed by atoms with Crippen molar-refractivity contribution < 1.29 is 9.90 Å². The van der Waals surface area contributed by atoms with E-state index in [1.807, 2.05) is 18.2 Å². The normalized spacial score (nSPS) is 23.1. The van der Waals surface area contributed by atoms with Crippen LogP contribution in [-0.2, 0) is 0 Å². The molecule has 1 aliphatic heterocycles. The van der Waals surface area contributed by atoms with Crippen LogP contribution in [0.3, 0.4) is 0 Å². The lowest BCUT2D eigenvalue weighted by atomic mass is 10.1. The number of aliphatic hydroxyl groups excluding tert-OH is 1. The van der Waals surface area contributed by atoms with Gasteiger partial charge in [-0.15, -0.1) is 0 Å². The van der Waals surface area contributed by atoms with Gasteiger partial charge in [-0.2, -0.15) is 0 Å². The first-order valence-electron chi connectivity index (χ1n) is 5.61. The van der Waals surface area contributed by atoms with Crippen molar-refractivity contribution in [2.24, 2.45) is 0 Å². The molecule has 1 saturated heterocycles. The van der Waals surface area contributed by atoms with Gasteiger partial charge in [0.15, 0.2) is 0 Å². The highest BCUT2D eigenvalue weighted by Crippen LogP contribution is 2.21. The van der Waals surface area contributed by atoms with E-state index in [9.17, 15) is 9.90 Å². The second-order valence-electron chi connectivity index (χ2n) is 4.33. The molecule has 1 heterocycles. The quantitative estimate of drug-likeness (QED) is 0.706. The van der Waals surface area contributed by atoms with Crippen molar-refractivity contribution in [3.05, 3.63) is 31.8 Å². The van der Waals surface area contributed by atoms with Crippen LogP contribution in [0.15, 0.2) is 22.7 Å². The van der Waals surface area contributed by atoms with Crippen molar-refractivity contribution in [2.45, 2.75) is 12.1 Å². The van der Waals surface area contributed by atoms with Crippen molar-refractivity contribution in [2.75, 3.05) is 20.1 Å². The average molecular weight is 425 g/mol. The maximum absolute atomic E-state index is 12.4. The van der Waals surface area contributed by atoms with Crippen molar-refractivity contribution in [1.29, 1.82) is 0 Å². The Morgan fingerprint density at radius 1 is 1.56 bits per heavy atom. The van der Waals surface area contributed by atoms with Crippen LogP contribution >= 0.6 is 38.5 Å². The van der Waals surface area contributed by atoms with Gasteiger partial charge in [-0.25, -0.2) is 0 Å². The maximum atomic E-state index is 12.4. The van der Waals surface area contributed by atoms with E-state index in [1.165, 1.54) is 0 Å². The Labute approximate surface area is 128 Å². The number of β-amino-alcohol motifs (C(OH)–C–C–N with tert-alkyl or cyclic N) is 1. The molecule has 2 rings (SSSR count). The summed E-state index contributed by atoms with van der Waals surface area (Å²) in [6, 6.07) is 5.46. The minimum atomic E-state index is -0.497. The minimum absolute atomic E-state index is 0.0616. The fourth-order valence-corrected chi connectivity index (χ4v) is 2.98. The first-order chi connectivity index (χ1) is 8.50. The number of amides is 1. The van der Waals surface area contributed by atoms with Crippen LogP contribution in [0.25, 0.3) is 0 Å². The summed E-state index contributed by atoms with van der Waals surface area (Å²) in [6.07, 6.45) is -0.497. The zero-order valence-corrected chi connectivity index (χ0v) is 13.6. The molecule has 0 spiro atoms. The number of hydrogen-bond acceptors (Lipinski definition) is 3. The highest BCUT2D eigenvalue weighted by atomic mass is 127. The molecule has 0 bridgehead atoms. The van der Waals surface area contributed by atoms with Crippen molar-refractivity contribution in [3.8, 4) is 0 Å². The molecule has 98 valence electrons. The van der Waals surface area contributed by atoms with Crippen molar-refractivity contribution in [3.63, 3.8) is 0 Å². The molecule has 18 heavy (non-hydrogen) atoms. The monoisotopic (exact) mass is 424 g/mol. The molecule has 1 amide bonds. The molecule has 0 saturated carbocycles. The second kappa shape index (κ2) is 5.85. The zero-order valence-electron chi connectivity index (χ0n) is 9.86. The fraction of sp³-hybridized carbons (Fsp3) is 0.417. The molecule has 1 fully saturated rings. The first-order valence-corrected chi connectivity index (χ1v) is 7.49. The first kappa shape index (κ1) is 14.2. The Morgan fingerprint density at radius 3 is 2.89 bits per heavy atom. The molecular weight excluding hydrogens is 411 g/mol. The molecule has 2 N–H and O–H groups in total. The summed E-state index contributed by atoms with van der Waals surface area (Å²) in [7, 11) is 1.74. The number of carbonyl (C=O) groups is 1. The largest absolute Gasteiger partial charge is 0.390 e. The van der Waals surface area contributed by atoms with Crippen LogP contribution < -0.4 is 5.32 Å². The smallest absolute Gasteiger partial charge is 0.255 e. The molecule has 0 aliphatic carbocycles. The molecule has 4 nitrogen and oxygen atoms in total. The topological polar surface area (TPSA) is 52.6 Å². The number of aliphatic hydroxyl groups is 1. The molecule has 2 atom stereocenters. The number of nitrogens with one attached hydrogen (secondary N) is 1.